The topological polar surface area (TPSA) is 78.2 Å². The number of fused-ring (bicyclic) bond motifs is 2. The third-order valence-corrected chi connectivity index (χ3v) is 6.92. The Morgan fingerprint density at radius 3 is 2.67 bits per heavy atom. The first-order chi connectivity index (χ1) is 17.5. The summed E-state index contributed by atoms with van der Waals surface area (Å²) in [5.74, 6) is -0.379. The Morgan fingerprint density at radius 2 is 1.92 bits per heavy atom. The second kappa shape index (κ2) is 8.54. The fourth-order valence-corrected chi connectivity index (χ4v) is 5.21. The van der Waals surface area contributed by atoms with Crippen LogP contribution in [0.25, 0.3) is 22.3 Å². The van der Waals surface area contributed by atoms with Gasteiger partial charge in [0.2, 0.25) is 0 Å². The Labute approximate surface area is 208 Å². The highest BCUT2D eigenvalue weighted by Crippen LogP contribution is 2.48. The maximum Gasteiger partial charge on any atom is 0.125 e. The van der Waals surface area contributed by atoms with Gasteiger partial charge in [0.15, 0.2) is 0 Å². The number of hydrogen-bond donors (Lipinski definition) is 0. The Bertz CT molecular complexity index is 1510. The predicted octanol–water partition coefficient (Wildman–Crippen LogP) is 4.97. The average molecular weight is 481 g/mol. The van der Waals surface area contributed by atoms with Gasteiger partial charge in [-0.05, 0) is 30.3 Å². The van der Waals surface area contributed by atoms with Gasteiger partial charge in [0.1, 0.15) is 23.1 Å². The van der Waals surface area contributed by atoms with E-state index in [9.17, 15) is 9.65 Å². The molecule has 5 heterocycles. The molecule has 0 bridgehead atoms. The molecule has 0 atom stereocenters. The highest BCUT2D eigenvalue weighted by Gasteiger charge is 2.40. The van der Waals surface area contributed by atoms with Gasteiger partial charge >= 0.3 is 0 Å². The molecule has 1 aromatic carbocycles. The normalized spacial score (nSPS) is 16.7. The number of halogens is 1. The number of nitrogens with zero attached hydrogens (tertiary/aromatic N) is 6. The van der Waals surface area contributed by atoms with Crippen molar-refractivity contribution in [3.05, 3.63) is 71.9 Å². The van der Waals surface area contributed by atoms with Crippen LogP contribution in [0.5, 0.6) is 0 Å². The summed E-state index contributed by atoms with van der Waals surface area (Å²) in [6, 6.07) is 14.6. The fourth-order valence-electron chi connectivity index (χ4n) is 5.21. The van der Waals surface area contributed by atoms with Crippen LogP contribution in [0.15, 0.2) is 54.9 Å². The zero-order chi connectivity index (χ0) is 24.9. The molecule has 2 aliphatic rings. The monoisotopic (exact) mass is 480 g/mol. The molecular formula is C28H25FN6O. The van der Waals surface area contributed by atoms with E-state index in [1.807, 2.05) is 24.4 Å². The predicted molar refractivity (Wildman–Crippen MR) is 137 cm³/mol. The summed E-state index contributed by atoms with van der Waals surface area (Å²) >= 11 is 0. The van der Waals surface area contributed by atoms with Crippen molar-refractivity contribution >= 4 is 28.0 Å². The molecule has 0 spiro atoms. The van der Waals surface area contributed by atoms with E-state index in [1.54, 1.807) is 12.3 Å². The van der Waals surface area contributed by atoms with E-state index < -0.39 is 0 Å². The molecule has 0 amide bonds. The maximum atomic E-state index is 14.3. The van der Waals surface area contributed by atoms with Crippen LogP contribution in [0, 0.1) is 17.1 Å². The minimum absolute atomic E-state index is 0.258. The molecular weight excluding hydrogens is 455 g/mol. The van der Waals surface area contributed by atoms with Crippen LogP contribution in [0.4, 0.5) is 21.5 Å². The maximum absolute atomic E-state index is 14.3. The van der Waals surface area contributed by atoms with Gasteiger partial charge in [-0.2, -0.15) is 5.26 Å². The summed E-state index contributed by atoms with van der Waals surface area (Å²) in [5.41, 5.74) is 5.28. The van der Waals surface area contributed by atoms with Gasteiger partial charge in [0, 0.05) is 42.7 Å². The lowest BCUT2D eigenvalue weighted by Gasteiger charge is -2.30. The van der Waals surface area contributed by atoms with Crippen LogP contribution < -0.4 is 9.80 Å². The van der Waals surface area contributed by atoms with E-state index in [1.165, 1.54) is 12.1 Å². The molecule has 1 fully saturated rings. The number of hydrogen-bond acceptors (Lipinski definition) is 7. The first-order valence-corrected chi connectivity index (χ1v) is 12.0. The Morgan fingerprint density at radius 1 is 1.08 bits per heavy atom. The van der Waals surface area contributed by atoms with E-state index in [0.717, 1.165) is 30.2 Å². The smallest absolute Gasteiger partial charge is 0.125 e. The summed E-state index contributed by atoms with van der Waals surface area (Å²) in [7, 11) is 0. The highest BCUT2D eigenvalue weighted by atomic mass is 19.1. The van der Waals surface area contributed by atoms with Crippen LogP contribution in [0.3, 0.4) is 0 Å². The van der Waals surface area contributed by atoms with Gasteiger partial charge in [-0.3, -0.25) is 9.97 Å². The van der Waals surface area contributed by atoms with Crippen LogP contribution in [-0.2, 0) is 10.2 Å². The molecule has 4 aromatic rings. The first kappa shape index (κ1) is 22.4. The number of anilines is 3. The molecule has 1 saturated heterocycles. The van der Waals surface area contributed by atoms with Gasteiger partial charge in [-0.1, -0.05) is 19.9 Å². The van der Waals surface area contributed by atoms with Crippen molar-refractivity contribution in [2.75, 3.05) is 42.6 Å². The lowest BCUT2D eigenvalue weighted by Crippen LogP contribution is -2.36. The molecule has 0 N–H and O–H groups in total. The lowest BCUT2D eigenvalue weighted by molar-refractivity contribution is 0.122. The molecule has 0 saturated carbocycles. The van der Waals surface area contributed by atoms with Gasteiger partial charge in [0.05, 0.1) is 53.4 Å². The van der Waals surface area contributed by atoms with Gasteiger partial charge in [0.25, 0.3) is 0 Å². The third kappa shape index (κ3) is 3.64. The van der Waals surface area contributed by atoms with Gasteiger partial charge in [-0.25, -0.2) is 9.37 Å². The Kier molecular flexibility index (Phi) is 5.31. The molecule has 36 heavy (non-hydrogen) atoms. The summed E-state index contributed by atoms with van der Waals surface area (Å²) in [6.45, 7) is 7.89. The summed E-state index contributed by atoms with van der Waals surface area (Å²) in [4.78, 5) is 18.5. The van der Waals surface area contributed by atoms with Crippen molar-refractivity contribution in [1.82, 2.24) is 15.0 Å². The van der Waals surface area contributed by atoms with Crippen molar-refractivity contribution in [3.8, 4) is 17.5 Å². The van der Waals surface area contributed by atoms with E-state index in [2.05, 4.69) is 40.8 Å². The minimum Gasteiger partial charge on any atom is -0.378 e. The van der Waals surface area contributed by atoms with Crippen molar-refractivity contribution < 1.29 is 9.13 Å². The van der Waals surface area contributed by atoms with E-state index in [0.29, 0.717) is 53.3 Å². The summed E-state index contributed by atoms with van der Waals surface area (Å²) in [6.07, 6.45) is 3.60. The highest BCUT2D eigenvalue weighted by molar-refractivity contribution is 6.01. The number of aromatic nitrogens is 3. The zero-order valence-electron chi connectivity index (χ0n) is 20.2. The number of morpholine rings is 1. The van der Waals surface area contributed by atoms with Crippen LogP contribution in [-0.4, -0.2) is 47.8 Å². The number of benzene rings is 1. The molecule has 6 rings (SSSR count). The van der Waals surface area contributed by atoms with Gasteiger partial charge < -0.3 is 14.5 Å². The van der Waals surface area contributed by atoms with Gasteiger partial charge in [-0.15, -0.1) is 0 Å². The van der Waals surface area contributed by atoms with Crippen molar-refractivity contribution in [3.63, 3.8) is 0 Å². The minimum atomic E-state index is -0.379. The quantitative estimate of drug-likeness (QED) is 0.410. The number of ether oxygens (including phenoxy) is 1. The second-order valence-electron chi connectivity index (χ2n) is 9.80. The molecule has 8 heteroatoms. The molecule has 7 nitrogen and oxygen atoms in total. The standard InChI is InChI=1S/C28H25FN6O/c1-28(2)17-35(24-14-19(16-32-27(24)28)34-9-11-36-12-10-34)26-20-7-6-18(29)13-23(20)33-25(21(26)15-30)22-5-3-4-8-31-22/h3-8,13-14,16H,9-12,17H2,1-2H3. The summed E-state index contributed by atoms with van der Waals surface area (Å²) in [5, 5.41) is 11.1. The lowest BCUT2D eigenvalue weighted by atomic mass is 9.91. The number of rotatable bonds is 3. The molecule has 0 unspecified atom stereocenters. The Hall–Kier alpha value is -4.09. The molecule has 3 aromatic heterocycles. The van der Waals surface area contributed by atoms with E-state index in [-0.39, 0.29) is 11.2 Å². The third-order valence-electron chi connectivity index (χ3n) is 6.92. The van der Waals surface area contributed by atoms with Crippen LogP contribution >= 0.6 is 0 Å². The zero-order valence-corrected chi connectivity index (χ0v) is 20.2. The fraction of sp³-hybridized carbons (Fsp3) is 0.286. The largest absolute Gasteiger partial charge is 0.378 e. The Balaban J connectivity index is 1.61. The first-order valence-electron chi connectivity index (χ1n) is 12.0. The number of nitriles is 1. The molecule has 2 aliphatic heterocycles. The van der Waals surface area contributed by atoms with Crippen molar-refractivity contribution in [2.45, 2.75) is 19.3 Å². The van der Waals surface area contributed by atoms with E-state index in [4.69, 9.17) is 14.7 Å². The molecule has 180 valence electrons. The van der Waals surface area contributed by atoms with Crippen LogP contribution in [0.2, 0.25) is 0 Å². The summed E-state index contributed by atoms with van der Waals surface area (Å²) < 4.78 is 19.9. The second-order valence-corrected chi connectivity index (χ2v) is 9.80. The van der Waals surface area contributed by atoms with Crippen molar-refractivity contribution in [1.29, 1.82) is 5.26 Å². The average Bonchev–Trinajstić information content (AvgIpc) is 3.18. The SMILES string of the molecule is CC1(C)CN(c2c(C#N)c(-c3ccccn3)nc3cc(F)ccc23)c2cc(N3CCOCC3)cnc21. The van der Waals surface area contributed by atoms with E-state index >= 15 is 0 Å². The molecule has 0 radical (unpaired) electrons. The molecule has 0 aliphatic carbocycles. The van der Waals surface area contributed by atoms with Crippen molar-refractivity contribution in [2.24, 2.45) is 0 Å². The van der Waals surface area contributed by atoms with Crippen LogP contribution in [0.1, 0.15) is 25.1 Å². The number of pyridine rings is 3.